The van der Waals surface area contributed by atoms with Crippen molar-refractivity contribution >= 4 is 15.9 Å². The molecule has 0 bridgehead atoms. The van der Waals surface area contributed by atoms with Crippen molar-refractivity contribution in [2.24, 2.45) is 0 Å². The third-order valence-corrected chi connectivity index (χ3v) is 4.19. The summed E-state index contributed by atoms with van der Waals surface area (Å²) in [5, 5.41) is 3.45. The molecule has 1 N–H and O–H groups in total. The van der Waals surface area contributed by atoms with Crippen molar-refractivity contribution < 1.29 is 9.47 Å². The van der Waals surface area contributed by atoms with E-state index in [9.17, 15) is 0 Å². The fraction of sp³-hybridized carbons (Fsp3) is 0.294. The van der Waals surface area contributed by atoms with Gasteiger partial charge in [-0.05, 0) is 29.3 Å². The van der Waals surface area contributed by atoms with Crippen molar-refractivity contribution in [3.63, 3.8) is 0 Å². The Hall–Kier alpha value is -1.52. The van der Waals surface area contributed by atoms with Gasteiger partial charge >= 0.3 is 0 Å². The summed E-state index contributed by atoms with van der Waals surface area (Å²) >= 11 is 3.56. The average molecular weight is 348 g/mol. The minimum absolute atomic E-state index is 0.723. The molecular weight excluding hydrogens is 330 g/mol. The lowest BCUT2D eigenvalue weighted by Gasteiger charge is -2.10. The lowest BCUT2D eigenvalue weighted by molar-refractivity contribution is 0.297. The maximum Gasteiger partial charge on any atom is 0.161 e. The maximum atomic E-state index is 5.71. The molecule has 0 atom stereocenters. The van der Waals surface area contributed by atoms with Crippen molar-refractivity contribution in [3.8, 4) is 11.5 Å². The van der Waals surface area contributed by atoms with Gasteiger partial charge in [0.2, 0.25) is 0 Å². The van der Waals surface area contributed by atoms with E-state index in [4.69, 9.17) is 9.47 Å². The highest BCUT2D eigenvalue weighted by Crippen LogP contribution is 2.30. The Balaban J connectivity index is 1.61. The summed E-state index contributed by atoms with van der Waals surface area (Å²) in [4.78, 5) is 0. The zero-order valence-electron chi connectivity index (χ0n) is 11.8. The largest absolute Gasteiger partial charge is 0.490 e. The van der Waals surface area contributed by atoms with E-state index in [1.54, 1.807) is 0 Å². The number of rotatable bonds is 4. The Labute approximate surface area is 133 Å². The van der Waals surface area contributed by atoms with Crippen LogP contribution in [0.15, 0.2) is 46.9 Å². The minimum Gasteiger partial charge on any atom is -0.490 e. The maximum absolute atomic E-state index is 5.71. The number of fused-ring (bicyclic) bond motifs is 1. The van der Waals surface area contributed by atoms with Crippen LogP contribution in [0.5, 0.6) is 11.5 Å². The second kappa shape index (κ2) is 6.96. The molecule has 4 heteroatoms. The molecule has 0 spiro atoms. The summed E-state index contributed by atoms with van der Waals surface area (Å²) in [7, 11) is 0. The van der Waals surface area contributed by atoms with E-state index in [2.05, 4.69) is 51.6 Å². The van der Waals surface area contributed by atoms with Crippen molar-refractivity contribution in [2.75, 3.05) is 13.2 Å². The van der Waals surface area contributed by atoms with E-state index in [-0.39, 0.29) is 0 Å². The Morgan fingerprint density at radius 1 is 0.952 bits per heavy atom. The average Bonchev–Trinajstić information content (AvgIpc) is 2.74. The molecular formula is C17H18BrNO2. The van der Waals surface area contributed by atoms with Crippen LogP contribution in [0.1, 0.15) is 17.5 Å². The van der Waals surface area contributed by atoms with Crippen LogP contribution >= 0.6 is 15.9 Å². The van der Waals surface area contributed by atoms with Gasteiger partial charge in [-0.15, -0.1) is 0 Å². The third kappa shape index (κ3) is 3.77. The van der Waals surface area contributed by atoms with Gasteiger partial charge in [-0.3, -0.25) is 0 Å². The first kappa shape index (κ1) is 14.4. The standard InChI is InChI=1S/C17H18BrNO2/c18-15-5-2-1-4-14(15)12-19-11-13-6-7-16-17(10-13)21-9-3-8-20-16/h1-2,4-7,10,19H,3,8-9,11-12H2. The lowest BCUT2D eigenvalue weighted by atomic mass is 10.2. The first-order valence-corrected chi connectivity index (χ1v) is 7.95. The van der Waals surface area contributed by atoms with E-state index < -0.39 is 0 Å². The highest BCUT2D eigenvalue weighted by molar-refractivity contribution is 9.10. The molecule has 2 aromatic rings. The second-order valence-electron chi connectivity index (χ2n) is 5.03. The molecule has 110 valence electrons. The highest BCUT2D eigenvalue weighted by atomic mass is 79.9. The Bertz CT molecular complexity index is 615. The molecule has 0 saturated heterocycles. The van der Waals surface area contributed by atoms with Gasteiger partial charge in [0, 0.05) is 24.0 Å². The van der Waals surface area contributed by atoms with Gasteiger partial charge in [-0.25, -0.2) is 0 Å². The number of ether oxygens (including phenoxy) is 2. The van der Waals surface area contributed by atoms with Crippen LogP contribution in [0.4, 0.5) is 0 Å². The summed E-state index contributed by atoms with van der Waals surface area (Å²) in [6.07, 6.45) is 0.935. The van der Waals surface area contributed by atoms with Crippen molar-refractivity contribution in [1.29, 1.82) is 0 Å². The number of halogens is 1. The monoisotopic (exact) mass is 347 g/mol. The molecule has 21 heavy (non-hydrogen) atoms. The number of hydrogen-bond acceptors (Lipinski definition) is 3. The van der Waals surface area contributed by atoms with Gasteiger partial charge in [0.05, 0.1) is 13.2 Å². The van der Waals surface area contributed by atoms with Gasteiger partial charge in [0.15, 0.2) is 11.5 Å². The highest BCUT2D eigenvalue weighted by Gasteiger charge is 2.10. The van der Waals surface area contributed by atoms with E-state index >= 15 is 0 Å². The molecule has 1 aliphatic rings. The van der Waals surface area contributed by atoms with Crippen molar-refractivity contribution in [1.82, 2.24) is 5.32 Å². The van der Waals surface area contributed by atoms with E-state index in [0.29, 0.717) is 0 Å². The predicted molar refractivity (Wildman–Crippen MR) is 86.7 cm³/mol. The van der Waals surface area contributed by atoms with E-state index in [0.717, 1.165) is 48.7 Å². The Kier molecular flexibility index (Phi) is 4.78. The normalized spacial score (nSPS) is 13.8. The van der Waals surface area contributed by atoms with Crippen LogP contribution in [-0.4, -0.2) is 13.2 Å². The second-order valence-corrected chi connectivity index (χ2v) is 5.88. The van der Waals surface area contributed by atoms with Crippen LogP contribution in [-0.2, 0) is 13.1 Å². The zero-order valence-corrected chi connectivity index (χ0v) is 13.4. The Morgan fingerprint density at radius 3 is 2.62 bits per heavy atom. The molecule has 0 fully saturated rings. The zero-order chi connectivity index (χ0) is 14.5. The molecule has 2 aromatic carbocycles. The van der Waals surface area contributed by atoms with Crippen LogP contribution in [0.25, 0.3) is 0 Å². The molecule has 0 amide bonds. The topological polar surface area (TPSA) is 30.5 Å². The smallest absolute Gasteiger partial charge is 0.161 e. The lowest BCUT2D eigenvalue weighted by Crippen LogP contribution is -2.13. The molecule has 0 saturated carbocycles. The SMILES string of the molecule is Brc1ccccc1CNCc1ccc2c(c1)OCCCO2. The number of benzene rings is 2. The first-order valence-electron chi connectivity index (χ1n) is 7.15. The Morgan fingerprint density at radius 2 is 1.76 bits per heavy atom. The number of hydrogen-bond donors (Lipinski definition) is 1. The third-order valence-electron chi connectivity index (χ3n) is 3.41. The van der Waals surface area contributed by atoms with E-state index in [1.165, 1.54) is 11.1 Å². The van der Waals surface area contributed by atoms with Gasteiger partial charge in [0.25, 0.3) is 0 Å². The molecule has 1 aliphatic heterocycles. The molecule has 0 aromatic heterocycles. The van der Waals surface area contributed by atoms with Crippen LogP contribution in [0, 0.1) is 0 Å². The quantitative estimate of drug-likeness (QED) is 0.909. The molecule has 1 heterocycles. The summed E-state index contributed by atoms with van der Waals surface area (Å²) in [6, 6.07) is 14.4. The number of nitrogens with one attached hydrogen (secondary N) is 1. The van der Waals surface area contributed by atoms with Gasteiger partial charge < -0.3 is 14.8 Å². The van der Waals surface area contributed by atoms with Crippen LogP contribution in [0.2, 0.25) is 0 Å². The van der Waals surface area contributed by atoms with Crippen LogP contribution < -0.4 is 14.8 Å². The van der Waals surface area contributed by atoms with E-state index in [1.807, 2.05) is 12.1 Å². The molecule has 3 nitrogen and oxygen atoms in total. The summed E-state index contributed by atoms with van der Waals surface area (Å²) in [5.41, 5.74) is 2.46. The molecule has 0 radical (unpaired) electrons. The van der Waals surface area contributed by atoms with Crippen molar-refractivity contribution in [3.05, 3.63) is 58.1 Å². The summed E-state index contributed by atoms with van der Waals surface area (Å²) in [6.45, 7) is 3.08. The van der Waals surface area contributed by atoms with Gasteiger partial charge in [-0.2, -0.15) is 0 Å². The minimum atomic E-state index is 0.723. The van der Waals surface area contributed by atoms with Crippen LogP contribution in [0.3, 0.4) is 0 Å². The van der Waals surface area contributed by atoms with Gasteiger partial charge in [0.1, 0.15) is 0 Å². The van der Waals surface area contributed by atoms with Gasteiger partial charge in [-0.1, -0.05) is 40.2 Å². The van der Waals surface area contributed by atoms with Crippen molar-refractivity contribution in [2.45, 2.75) is 19.5 Å². The first-order chi connectivity index (χ1) is 10.3. The molecule has 0 aliphatic carbocycles. The fourth-order valence-electron chi connectivity index (χ4n) is 2.30. The summed E-state index contributed by atoms with van der Waals surface area (Å²) < 4.78 is 12.5. The fourth-order valence-corrected chi connectivity index (χ4v) is 2.73. The predicted octanol–water partition coefficient (Wildman–Crippen LogP) is 3.90. The molecule has 0 unspecified atom stereocenters. The summed E-state index contributed by atoms with van der Waals surface area (Å²) in [5.74, 6) is 1.70. The molecule has 3 rings (SSSR count).